The first-order chi connectivity index (χ1) is 10.7. The summed E-state index contributed by atoms with van der Waals surface area (Å²) < 4.78 is 2.00. The van der Waals surface area contributed by atoms with Gasteiger partial charge in [-0.2, -0.15) is 0 Å². The van der Waals surface area contributed by atoms with Gasteiger partial charge in [0, 0.05) is 32.0 Å². The number of carbonyl (C=O) groups excluding carboxylic acids is 2. The van der Waals surface area contributed by atoms with E-state index in [9.17, 15) is 9.59 Å². The van der Waals surface area contributed by atoms with Gasteiger partial charge in [0.1, 0.15) is 5.82 Å². The minimum Gasteiger partial charge on any atom is -0.339 e. The van der Waals surface area contributed by atoms with E-state index in [0.717, 1.165) is 31.6 Å². The molecule has 0 bridgehead atoms. The van der Waals surface area contributed by atoms with Crippen molar-refractivity contribution in [2.45, 2.75) is 38.6 Å². The van der Waals surface area contributed by atoms with E-state index >= 15 is 0 Å². The van der Waals surface area contributed by atoms with Crippen molar-refractivity contribution in [3.8, 4) is 0 Å². The van der Waals surface area contributed by atoms with Gasteiger partial charge >= 0.3 is 0 Å². The molecule has 1 N–H and O–H groups in total. The molecule has 2 aliphatic rings. The molecule has 3 rings (SSSR count). The van der Waals surface area contributed by atoms with E-state index in [1.807, 2.05) is 4.57 Å². The van der Waals surface area contributed by atoms with Crippen LogP contribution >= 0.6 is 0 Å². The van der Waals surface area contributed by atoms with E-state index in [1.54, 1.807) is 4.90 Å². The van der Waals surface area contributed by atoms with Crippen molar-refractivity contribution >= 4 is 17.8 Å². The van der Waals surface area contributed by atoms with Crippen molar-refractivity contribution in [1.29, 1.82) is 0 Å². The van der Waals surface area contributed by atoms with Crippen LogP contribution in [0.15, 0.2) is 12.7 Å². The molecular formula is C15H21N5O2. The molecule has 0 aromatic carbocycles. The van der Waals surface area contributed by atoms with Crippen LogP contribution in [0.4, 0.5) is 5.95 Å². The molecule has 1 fully saturated rings. The van der Waals surface area contributed by atoms with Crippen LogP contribution in [0.25, 0.3) is 0 Å². The molecular weight excluding hydrogens is 282 g/mol. The number of aromatic nitrogens is 3. The zero-order valence-corrected chi connectivity index (χ0v) is 12.6. The quantitative estimate of drug-likeness (QED) is 0.844. The van der Waals surface area contributed by atoms with Crippen molar-refractivity contribution < 1.29 is 9.59 Å². The summed E-state index contributed by atoms with van der Waals surface area (Å²) in [7, 11) is 0. The second kappa shape index (κ2) is 6.29. The zero-order chi connectivity index (χ0) is 15.5. The fourth-order valence-electron chi connectivity index (χ4n) is 3.10. The van der Waals surface area contributed by atoms with Gasteiger partial charge in [0.2, 0.25) is 17.8 Å². The van der Waals surface area contributed by atoms with E-state index in [2.05, 4.69) is 22.1 Å². The smallest absolute Gasteiger partial charge is 0.245 e. The number of hydrogen-bond donors (Lipinski definition) is 1. The molecule has 2 aliphatic heterocycles. The lowest BCUT2D eigenvalue weighted by Gasteiger charge is -2.30. The van der Waals surface area contributed by atoms with Crippen LogP contribution in [-0.2, 0) is 22.6 Å². The Labute approximate surface area is 129 Å². The summed E-state index contributed by atoms with van der Waals surface area (Å²) in [6, 6.07) is 0. The first kappa shape index (κ1) is 14.7. The Kier molecular flexibility index (Phi) is 4.22. The lowest BCUT2D eigenvalue weighted by Crippen LogP contribution is -2.41. The average molecular weight is 303 g/mol. The van der Waals surface area contributed by atoms with Crippen LogP contribution in [0.2, 0.25) is 0 Å². The van der Waals surface area contributed by atoms with Crippen LogP contribution < -0.4 is 5.32 Å². The highest BCUT2D eigenvalue weighted by molar-refractivity contribution is 5.91. The van der Waals surface area contributed by atoms with Crippen molar-refractivity contribution in [2.24, 2.45) is 5.92 Å². The zero-order valence-electron chi connectivity index (χ0n) is 12.6. The first-order valence-electron chi connectivity index (χ1n) is 7.83. The first-order valence-corrected chi connectivity index (χ1v) is 7.83. The topological polar surface area (TPSA) is 80.1 Å². The van der Waals surface area contributed by atoms with Crippen LogP contribution in [0.5, 0.6) is 0 Å². The monoisotopic (exact) mass is 303 g/mol. The highest BCUT2D eigenvalue weighted by Gasteiger charge is 2.28. The lowest BCUT2D eigenvalue weighted by molar-refractivity contribution is -0.130. The normalized spacial score (nSPS) is 18.6. The number of carbonyl (C=O) groups is 2. The summed E-state index contributed by atoms with van der Waals surface area (Å²) in [4.78, 5) is 25.7. The molecule has 1 aromatic rings. The highest BCUT2D eigenvalue weighted by Crippen LogP contribution is 2.21. The summed E-state index contributed by atoms with van der Waals surface area (Å²) in [5.74, 6) is 1.35. The minimum atomic E-state index is -0.0783. The summed E-state index contributed by atoms with van der Waals surface area (Å²) in [5.41, 5.74) is 0. The van der Waals surface area contributed by atoms with E-state index in [0.29, 0.717) is 31.9 Å². The van der Waals surface area contributed by atoms with Crippen molar-refractivity contribution in [2.75, 3.05) is 18.4 Å². The van der Waals surface area contributed by atoms with Gasteiger partial charge in [-0.3, -0.25) is 19.5 Å². The SMILES string of the molecule is C=CC(=O)N1CCC(C(=O)Nc2nnc3n2CCCC3)CC1. The number of rotatable bonds is 3. The molecule has 0 spiro atoms. The van der Waals surface area contributed by atoms with Crippen molar-refractivity contribution in [3.63, 3.8) is 0 Å². The number of likely N-dealkylation sites (tertiary alicyclic amines) is 1. The predicted molar refractivity (Wildman–Crippen MR) is 81.1 cm³/mol. The van der Waals surface area contributed by atoms with E-state index in [-0.39, 0.29) is 17.7 Å². The van der Waals surface area contributed by atoms with Gasteiger partial charge in [-0.15, -0.1) is 10.2 Å². The maximum Gasteiger partial charge on any atom is 0.245 e. The number of nitrogens with one attached hydrogen (secondary N) is 1. The third-order valence-electron chi connectivity index (χ3n) is 4.45. The maximum atomic E-state index is 12.4. The molecule has 0 aliphatic carbocycles. The van der Waals surface area contributed by atoms with Crippen molar-refractivity contribution in [1.82, 2.24) is 19.7 Å². The Bertz CT molecular complexity index is 587. The molecule has 0 saturated carbocycles. The molecule has 7 nitrogen and oxygen atoms in total. The fraction of sp³-hybridized carbons (Fsp3) is 0.600. The van der Waals surface area contributed by atoms with Gasteiger partial charge in [-0.1, -0.05) is 6.58 Å². The van der Waals surface area contributed by atoms with Crippen LogP contribution in [0.3, 0.4) is 0 Å². The van der Waals surface area contributed by atoms with Gasteiger partial charge in [0.25, 0.3) is 0 Å². The summed E-state index contributed by atoms with van der Waals surface area (Å²) in [6.45, 7) is 5.55. The maximum absolute atomic E-state index is 12.4. The fourth-order valence-corrected chi connectivity index (χ4v) is 3.10. The van der Waals surface area contributed by atoms with Crippen LogP contribution in [0.1, 0.15) is 31.5 Å². The summed E-state index contributed by atoms with van der Waals surface area (Å²) in [6.07, 6.45) is 5.81. The Morgan fingerprint density at radius 3 is 2.68 bits per heavy atom. The number of anilines is 1. The summed E-state index contributed by atoms with van der Waals surface area (Å²) in [5, 5.41) is 11.1. The number of fused-ring (bicyclic) bond motifs is 1. The molecule has 118 valence electrons. The van der Waals surface area contributed by atoms with Crippen LogP contribution in [-0.4, -0.2) is 44.6 Å². The molecule has 2 amide bonds. The van der Waals surface area contributed by atoms with Gasteiger partial charge in [-0.05, 0) is 31.8 Å². The highest BCUT2D eigenvalue weighted by atomic mass is 16.2. The van der Waals surface area contributed by atoms with Crippen LogP contribution in [0, 0.1) is 5.92 Å². The molecule has 1 aromatic heterocycles. The number of nitrogens with zero attached hydrogens (tertiary/aromatic N) is 4. The third kappa shape index (κ3) is 2.88. The Morgan fingerprint density at radius 2 is 1.95 bits per heavy atom. The molecule has 7 heteroatoms. The van der Waals surface area contributed by atoms with Gasteiger partial charge in [0.15, 0.2) is 0 Å². The van der Waals surface area contributed by atoms with Gasteiger partial charge < -0.3 is 4.90 Å². The molecule has 22 heavy (non-hydrogen) atoms. The van der Waals surface area contributed by atoms with E-state index in [4.69, 9.17) is 0 Å². The second-order valence-corrected chi connectivity index (χ2v) is 5.84. The largest absolute Gasteiger partial charge is 0.339 e. The van der Waals surface area contributed by atoms with Crippen molar-refractivity contribution in [3.05, 3.63) is 18.5 Å². The molecule has 1 saturated heterocycles. The molecule has 0 unspecified atom stereocenters. The number of aryl methyl sites for hydroxylation is 1. The van der Waals surface area contributed by atoms with E-state index < -0.39 is 0 Å². The number of hydrogen-bond acceptors (Lipinski definition) is 4. The Hall–Kier alpha value is -2.18. The second-order valence-electron chi connectivity index (χ2n) is 5.84. The minimum absolute atomic E-state index is 0.0218. The third-order valence-corrected chi connectivity index (χ3v) is 4.45. The number of amides is 2. The number of piperidine rings is 1. The van der Waals surface area contributed by atoms with Gasteiger partial charge in [0.05, 0.1) is 0 Å². The summed E-state index contributed by atoms with van der Waals surface area (Å²) >= 11 is 0. The standard InChI is InChI=1S/C15H21N5O2/c1-2-13(21)19-9-6-11(7-10-19)14(22)16-15-18-17-12-5-3-4-8-20(12)15/h2,11H,1,3-10H2,(H,16,18,22). The molecule has 3 heterocycles. The average Bonchev–Trinajstić information content (AvgIpc) is 2.97. The van der Waals surface area contributed by atoms with Gasteiger partial charge in [-0.25, -0.2) is 0 Å². The molecule has 0 radical (unpaired) electrons. The Morgan fingerprint density at radius 1 is 1.18 bits per heavy atom. The van der Waals surface area contributed by atoms with E-state index in [1.165, 1.54) is 6.08 Å². The predicted octanol–water partition coefficient (Wildman–Crippen LogP) is 0.977. The lowest BCUT2D eigenvalue weighted by atomic mass is 9.96. The molecule has 0 atom stereocenters. The Balaban J connectivity index is 1.58.